The van der Waals surface area contributed by atoms with Crippen LogP contribution in [0.4, 0.5) is 11.5 Å². The first-order valence-electron chi connectivity index (χ1n) is 7.81. The van der Waals surface area contributed by atoms with Crippen LogP contribution >= 0.6 is 0 Å². The van der Waals surface area contributed by atoms with Crippen LogP contribution in [-0.2, 0) is 14.8 Å². The predicted octanol–water partition coefficient (Wildman–Crippen LogP) is 1.43. The molecule has 2 heterocycles. The molecule has 0 saturated carbocycles. The maximum atomic E-state index is 12.7. The predicted molar refractivity (Wildman–Crippen MR) is 97.6 cm³/mol. The summed E-state index contributed by atoms with van der Waals surface area (Å²) in [7, 11) is -3.93. The molecule has 0 aliphatic heterocycles. The Balaban J connectivity index is 1.74. The zero-order valence-electron chi connectivity index (χ0n) is 14.0. The minimum absolute atomic E-state index is 0.0113. The Labute approximate surface area is 153 Å². The van der Waals surface area contributed by atoms with E-state index in [9.17, 15) is 13.2 Å². The van der Waals surface area contributed by atoms with Gasteiger partial charge in [0.05, 0.1) is 15.9 Å². The average molecular weight is 383 g/mol. The van der Waals surface area contributed by atoms with Crippen molar-refractivity contribution in [3.05, 3.63) is 48.5 Å². The molecule has 0 saturated heterocycles. The number of amides is 1. The summed E-state index contributed by atoms with van der Waals surface area (Å²) in [6, 6.07) is 12.9. The fourth-order valence-corrected chi connectivity index (χ4v) is 3.58. The summed E-state index contributed by atoms with van der Waals surface area (Å²) in [6.07, 6.45) is 0. The first kappa shape index (κ1) is 16.8. The van der Waals surface area contributed by atoms with Crippen LogP contribution in [0.5, 0.6) is 0 Å². The molecule has 11 heteroatoms. The maximum Gasteiger partial charge on any atom is 0.263 e. The van der Waals surface area contributed by atoms with E-state index in [1.807, 2.05) is 6.07 Å². The van der Waals surface area contributed by atoms with Crippen molar-refractivity contribution in [2.45, 2.75) is 11.8 Å². The second-order valence-corrected chi connectivity index (χ2v) is 7.36. The highest BCUT2D eigenvalue weighted by molar-refractivity contribution is 7.92. The highest BCUT2D eigenvalue weighted by Crippen LogP contribution is 2.22. The number of carbonyl (C=O) groups is 1. The fourth-order valence-electron chi connectivity index (χ4n) is 2.58. The van der Waals surface area contributed by atoms with Crippen molar-refractivity contribution >= 4 is 44.1 Å². The van der Waals surface area contributed by atoms with Crippen LogP contribution < -0.4 is 10.0 Å². The second-order valence-electron chi connectivity index (χ2n) is 5.67. The Morgan fingerprint density at radius 2 is 1.81 bits per heavy atom. The number of rotatable bonds is 4. The summed E-state index contributed by atoms with van der Waals surface area (Å²) in [5.41, 5.74) is 1.87. The van der Waals surface area contributed by atoms with Crippen LogP contribution in [0.15, 0.2) is 53.4 Å². The Bertz CT molecular complexity index is 1270. The number of carbonyl (C=O) groups excluding carboxylic acids is 1. The highest BCUT2D eigenvalue weighted by atomic mass is 32.2. The molecule has 0 fully saturated rings. The maximum absolute atomic E-state index is 12.7. The molecule has 0 spiro atoms. The Morgan fingerprint density at radius 1 is 1.07 bits per heavy atom. The third-order valence-corrected chi connectivity index (χ3v) is 5.09. The largest absolute Gasteiger partial charge is 0.326 e. The molecule has 2 aromatic carbocycles. The van der Waals surface area contributed by atoms with Gasteiger partial charge in [0.2, 0.25) is 11.6 Å². The zero-order chi connectivity index (χ0) is 19.0. The van der Waals surface area contributed by atoms with E-state index in [1.165, 1.54) is 35.7 Å². The summed E-state index contributed by atoms with van der Waals surface area (Å²) in [5, 5.41) is 13.9. The van der Waals surface area contributed by atoms with Gasteiger partial charge in [0.25, 0.3) is 10.0 Å². The first-order chi connectivity index (χ1) is 12.9. The zero-order valence-corrected chi connectivity index (χ0v) is 14.8. The number of fused-ring (bicyclic) bond motifs is 3. The van der Waals surface area contributed by atoms with E-state index in [-0.39, 0.29) is 22.3 Å². The van der Waals surface area contributed by atoms with E-state index in [0.29, 0.717) is 16.7 Å². The molecule has 0 unspecified atom stereocenters. The van der Waals surface area contributed by atoms with E-state index in [2.05, 4.69) is 30.5 Å². The molecule has 1 amide bonds. The van der Waals surface area contributed by atoms with E-state index in [0.717, 1.165) is 0 Å². The van der Waals surface area contributed by atoms with Crippen molar-refractivity contribution in [2.24, 2.45) is 0 Å². The lowest BCUT2D eigenvalue weighted by Gasteiger charge is -2.10. The third kappa shape index (κ3) is 3.15. The number of nitrogens with one attached hydrogen (secondary N) is 2. The van der Waals surface area contributed by atoms with Gasteiger partial charge in [0.1, 0.15) is 0 Å². The number of hydrogen-bond donors (Lipinski definition) is 2. The van der Waals surface area contributed by atoms with Crippen LogP contribution in [0.3, 0.4) is 0 Å². The van der Waals surface area contributed by atoms with Gasteiger partial charge in [-0.2, -0.15) is 4.52 Å². The summed E-state index contributed by atoms with van der Waals surface area (Å²) in [6.45, 7) is 1.37. The van der Waals surface area contributed by atoms with Crippen molar-refractivity contribution in [1.29, 1.82) is 0 Å². The van der Waals surface area contributed by atoms with Gasteiger partial charge in [-0.3, -0.25) is 9.52 Å². The normalized spacial score (nSPS) is 11.6. The van der Waals surface area contributed by atoms with Gasteiger partial charge in [0.15, 0.2) is 5.82 Å². The van der Waals surface area contributed by atoms with Gasteiger partial charge in [-0.1, -0.05) is 12.1 Å². The van der Waals surface area contributed by atoms with Gasteiger partial charge in [-0.25, -0.2) is 13.4 Å². The van der Waals surface area contributed by atoms with Gasteiger partial charge in [0, 0.05) is 12.6 Å². The molecule has 2 aromatic heterocycles. The minimum atomic E-state index is -3.93. The van der Waals surface area contributed by atoms with Crippen molar-refractivity contribution < 1.29 is 13.2 Å². The SMILES string of the molecule is CC(=O)Nc1ccc(S(=O)(=O)Nc2nc3ccccc3n3nnnc23)cc1. The van der Waals surface area contributed by atoms with Crippen LogP contribution in [-0.4, -0.2) is 39.3 Å². The summed E-state index contributed by atoms with van der Waals surface area (Å²) in [4.78, 5) is 15.4. The number of sulfonamides is 1. The lowest BCUT2D eigenvalue weighted by atomic mass is 10.3. The van der Waals surface area contributed by atoms with E-state index in [1.54, 1.807) is 18.2 Å². The summed E-state index contributed by atoms with van der Waals surface area (Å²) in [5.74, 6) is -0.226. The highest BCUT2D eigenvalue weighted by Gasteiger charge is 2.19. The number of para-hydroxylation sites is 2. The number of tetrazole rings is 1. The van der Waals surface area contributed by atoms with E-state index >= 15 is 0 Å². The molecule has 0 radical (unpaired) electrons. The van der Waals surface area contributed by atoms with Crippen LogP contribution in [0.1, 0.15) is 6.92 Å². The summed E-state index contributed by atoms with van der Waals surface area (Å²) >= 11 is 0. The lowest BCUT2D eigenvalue weighted by Crippen LogP contribution is -2.15. The Morgan fingerprint density at radius 3 is 2.56 bits per heavy atom. The second kappa shape index (κ2) is 6.29. The molecule has 0 atom stereocenters. The van der Waals surface area contributed by atoms with Crippen LogP contribution in [0.25, 0.3) is 16.7 Å². The lowest BCUT2D eigenvalue weighted by molar-refractivity contribution is -0.114. The molecule has 0 aliphatic carbocycles. The van der Waals surface area contributed by atoms with Crippen molar-refractivity contribution in [2.75, 3.05) is 10.0 Å². The van der Waals surface area contributed by atoms with Crippen LogP contribution in [0, 0.1) is 0 Å². The molecule has 27 heavy (non-hydrogen) atoms. The number of nitrogens with zero attached hydrogens (tertiary/aromatic N) is 5. The van der Waals surface area contributed by atoms with Crippen LogP contribution in [0.2, 0.25) is 0 Å². The number of hydrogen-bond acceptors (Lipinski definition) is 7. The van der Waals surface area contributed by atoms with Gasteiger partial charge < -0.3 is 5.32 Å². The average Bonchev–Trinajstić information content (AvgIpc) is 3.12. The Kier molecular flexibility index (Phi) is 3.92. The molecular formula is C16H13N7O3S. The molecule has 0 bridgehead atoms. The Hall–Kier alpha value is -3.60. The molecule has 10 nitrogen and oxygen atoms in total. The molecule has 4 aromatic rings. The monoisotopic (exact) mass is 383 g/mol. The number of benzene rings is 2. The van der Waals surface area contributed by atoms with Crippen molar-refractivity contribution in [3.8, 4) is 0 Å². The smallest absolute Gasteiger partial charge is 0.263 e. The number of anilines is 2. The van der Waals surface area contributed by atoms with E-state index in [4.69, 9.17) is 0 Å². The minimum Gasteiger partial charge on any atom is -0.326 e. The number of aromatic nitrogens is 5. The molecular weight excluding hydrogens is 370 g/mol. The third-order valence-electron chi connectivity index (χ3n) is 3.74. The molecule has 136 valence electrons. The van der Waals surface area contributed by atoms with Gasteiger partial charge >= 0.3 is 0 Å². The quantitative estimate of drug-likeness (QED) is 0.545. The van der Waals surface area contributed by atoms with Crippen molar-refractivity contribution in [3.63, 3.8) is 0 Å². The van der Waals surface area contributed by atoms with Gasteiger partial charge in [-0.05, 0) is 46.8 Å². The first-order valence-corrected chi connectivity index (χ1v) is 9.30. The molecule has 0 aliphatic rings. The molecule has 2 N–H and O–H groups in total. The molecule has 4 rings (SSSR count). The van der Waals surface area contributed by atoms with Crippen molar-refractivity contribution in [1.82, 2.24) is 25.0 Å². The van der Waals surface area contributed by atoms with Gasteiger partial charge in [-0.15, -0.1) is 5.10 Å². The standard InChI is InChI=1S/C16H13N7O3S/c1-10(24)17-11-6-8-12(9-7-11)27(25,26)20-15-16-19-21-22-23(16)14-5-3-2-4-13(14)18-15/h2-9H,1H3,(H,17,24)(H,18,20). The van der Waals surface area contributed by atoms with E-state index < -0.39 is 10.0 Å². The topological polar surface area (TPSA) is 131 Å². The summed E-state index contributed by atoms with van der Waals surface area (Å²) < 4.78 is 29.3. The fraction of sp³-hybridized carbons (Fsp3) is 0.0625.